The van der Waals surface area contributed by atoms with Gasteiger partial charge in [0, 0.05) is 55.3 Å². The van der Waals surface area contributed by atoms with Gasteiger partial charge in [0.15, 0.2) is 17.7 Å². The summed E-state index contributed by atoms with van der Waals surface area (Å²) in [5.41, 5.74) is 0.367. The Morgan fingerprint density at radius 2 is 1.97 bits per heavy atom. The van der Waals surface area contributed by atoms with Gasteiger partial charge in [-0.15, -0.1) is 0 Å². The minimum Gasteiger partial charge on any atom is -0.472 e. The van der Waals surface area contributed by atoms with Gasteiger partial charge in [-0.05, 0) is 80.5 Å². The number of nitrogens with zero attached hydrogens (tertiary/aromatic N) is 10. The fourth-order valence-electron chi connectivity index (χ4n) is 7.92. The van der Waals surface area contributed by atoms with E-state index in [2.05, 4.69) is 36.0 Å². The second kappa shape index (κ2) is 15.8. The lowest BCUT2D eigenvalue weighted by Gasteiger charge is -2.37. The van der Waals surface area contributed by atoms with Crippen molar-refractivity contribution in [1.82, 2.24) is 48.9 Å². The molecule has 20 heteroatoms. The molecule has 8 rings (SSSR count). The van der Waals surface area contributed by atoms with Crippen LogP contribution in [0, 0.1) is 17.1 Å². The van der Waals surface area contributed by atoms with Crippen molar-refractivity contribution in [2.45, 2.75) is 76.5 Å². The Bertz CT molecular complexity index is 2650. The maximum atomic E-state index is 16.0. The van der Waals surface area contributed by atoms with Crippen LogP contribution in [0.3, 0.4) is 0 Å². The second-order valence-electron chi connectivity index (χ2n) is 15.4. The number of nitrogens with one attached hydrogen (secondary N) is 1. The van der Waals surface area contributed by atoms with E-state index in [0.717, 1.165) is 52.4 Å². The molecule has 15 nitrogen and oxygen atoms in total. The first kappa shape index (κ1) is 40.6. The number of amides is 2. The molecule has 2 amide bonds. The molecule has 0 saturated carbocycles. The molecule has 2 atom stereocenters. The standard InChI is InChI=1S/C40H39F4N11O4S/c1-39(2,21-54-30(16-32(50-54)40(42,43)44)35-48-38(58-4)60-51-35)49-36(56)31(13-22-18-46-52(3)20-22)53-11-10-26-25(8-9-28(41)34(26)37(53)57)27-14-24-19-47-55(29(24)15-23(27)17-45)33-7-5-6-12-59-33/h8-9,14-16,18-20,31,33H,5-7,10-13,21H2,1-4H3,(H,49,56)/t31-,33?/m1/s1. The summed E-state index contributed by atoms with van der Waals surface area (Å²) in [6.45, 7) is 3.59. The highest BCUT2D eigenvalue weighted by molar-refractivity contribution is 7.07. The van der Waals surface area contributed by atoms with Crippen molar-refractivity contribution in [2.75, 3.05) is 20.3 Å². The van der Waals surface area contributed by atoms with Crippen molar-refractivity contribution in [1.29, 1.82) is 5.26 Å². The number of benzene rings is 2. The normalized spacial score (nSPS) is 16.5. The first-order valence-electron chi connectivity index (χ1n) is 19.1. The van der Waals surface area contributed by atoms with Crippen LogP contribution in [0.5, 0.6) is 5.19 Å². The molecule has 0 bridgehead atoms. The third-order valence-electron chi connectivity index (χ3n) is 10.7. The average molecular weight is 846 g/mol. The highest BCUT2D eigenvalue weighted by Gasteiger charge is 2.40. The monoisotopic (exact) mass is 845 g/mol. The van der Waals surface area contributed by atoms with Gasteiger partial charge in [0.1, 0.15) is 17.6 Å². The number of hydrogen-bond acceptors (Lipinski definition) is 11. The van der Waals surface area contributed by atoms with E-state index in [-0.39, 0.29) is 54.4 Å². The number of hydrogen-bond donors (Lipinski definition) is 1. The van der Waals surface area contributed by atoms with Gasteiger partial charge in [0.05, 0.1) is 54.3 Å². The molecule has 1 unspecified atom stereocenters. The lowest BCUT2D eigenvalue weighted by Crippen LogP contribution is -2.58. The molecule has 60 heavy (non-hydrogen) atoms. The summed E-state index contributed by atoms with van der Waals surface area (Å²) in [6.07, 6.45) is 2.79. The van der Waals surface area contributed by atoms with Crippen LogP contribution in [0.25, 0.3) is 33.5 Å². The van der Waals surface area contributed by atoms with Gasteiger partial charge in [-0.3, -0.25) is 19.0 Å². The Morgan fingerprint density at radius 1 is 1.15 bits per heavy atom. The van der Waals surface area contributed by atoms with Crippen LogP contribution in [-0.4, -0.2) is 87.3 Å². The molecule has 1 N–H and O–H groups in total. The minimum absolute atomic E-state index is 0.00410. The van der Waals surface area contributed by atoms with Crippen LogP contribution in [0.4, 0.5) is 17.6 Å². The van der Waals surface area contributed by atoms with E-state index in [0.29, 0.717) is 34.4 Å². The molecule has 1 fully saturated rings. The molecule has 0 radical (unpaired) electrons. The number of carbonyl (C=O) groups excluding carboxylic acids is 2. The van der Waals surface area contributed by atoms with E-state index in [4.69, 9.17) is 9.47 Å². The van der Waals surface area contributed by atoms with Crippen LogP contribution < -0.4 is 10.1 Å². The molecular formula is C40H39F4N11O4S. The molecule has 312 valence electrons. The first-order valence-corrected chi connectivity index (χ1v) is 19.9. The molecule has 2 aromatic carbocycles. The van der Waals surface area contributed by atoms with Crippen molar-refractivity contribution in [3.8, 4) is 33.9 Å². The van der Waals surface area contributed by atoms with Crippen molar-refractivity contribution in [3.05, 3.63) is 82.7 Å². The number of aryl methyl sites for hydroxylation is 1. The fraction of sp³-hybridized carbons (Fsp3) is 0.400. The van der Waals surface area contributed by atoms with Gasteiger partial charge in [-0.25, -0.2) is 9.07 Å². The van der Waals surface area contributed by atoms with Crippen molar-refractivity contribution in [2.24, 2.45) is 7.05 Å². The highest BCUT2D eigenvalue weighted by Crippen LogP contribution is 2.38. The smallest absolute Gasteiger partial charge is 0.435 e. The maximum Gasteiger partial charge on any atom is 0.435 e. The molecule has 2 aliphatic rings. The predicted octanol–water partition coefficient (Wildman–Crippen LogP) is 6.09. The van der Waals surface area contributed by atoms with Crippen LogP contribution in [0.2, 0.25) is 0 Å². The summed E-state index contributed by atoms with van der Waals surface area (Å²) in [6, 6.07) is 8.19. The Labute approximate surface area is 344 Å². The van der Waals surface area contributed by atoms with Crippen LogP contribution in [0.15, 0.2) is 48.9 Å². The Kier molecular flexibility index (Phi) is 10.7. The van der Waals surface area contributed by atoms with Gasteiger partial charge in [0.25, 0.3) is 11.1 Å². The van der Waals surface area contributed by atoms with Gasteiger partial charge < -0.3 is 19.7 Å². The number of nitriles is 1. The van der Waals surface area contributed by atoms with E-state index in [1.165, 1.54) is 18.1 Å². The summed E-state index contributed by atoms with van der Waals surface area (Å²) in [5, 5.41) is 26.7. The minimum atomic E-state index is -4.78. The summed E-state index contributed by atoms with van der Waals surface area (Å²) in [7, 11) is 3.06. The van der Waals surface area contributed by atoms with Crippen molar-refractivity contribution < 1.29 is 36.6 Å². The van der Waals surface area contributed by atoms with Crippen molar-refractivity contribution in [3.63, 3.8) is 0 Å². The lowest BCUT2D eigenvalue weighted by molar-refractivity contribution is -0.141. The highest BCUT2D eigenvalue weighted by atomic mass is 32.1. The summed E-state index contributed by atoms with van der Waals surface area (Å²) >= 11 is 0.856. The number of methoxy groups -OCH3 is 1. The Hall–Kier alpha value is -6.20. The summed E-state index contributed by atoms with van der Waals surface area (Å²) in [4.78, 5) is 34.4. The zero-order chi connectivity index (χ0) is 42.5. The second-order valence-corrected chi connectivity index (χ2v) is 16.2. The topological polar surface area (TPSA) is 171 Å². The molecular weight excluding hydrogens is 807 g/mol. The van der Waals surface area contributed by atoms with E-state index in [9.17, 15) is 28.0 Å². The first-order chi connectivity index (χ1) is 28.6. The summed E-state index contributed by atoms with van der Waals surface area (Å²) in [5.74, 6) is -2.19. The van der Waals surface area contributed by atoms with E-state index in [1.807, 2.05) is 6.07 Å². The van der Waals surface area contributed by atoms with Crippen LogP contribution >= 0.6 is 11.5 Å². The quantitative estimate of drug-likeness (QED) is 0.151. The number of carbonyl (C=O) groups is 2. The number of halogens is 4. The van der Waals surface area contributed by atoms with Crippen molar-refractivity contribution >= 4 is 34.2 Å². The van der Waals surface area contributed by atoms with Gasteiger partial charge in [-0.1, -0.05) is 6.07 Å². The molecule has 0 spiro atoms. The third-order valence-corrected chi connectivity index (χ3v) is 11.3. The Morgan fingerprint density at radius 3 is 2.65 bits per heavy atom. The molecule has 6 heterocycles. The number of fused-ring (bicyclic) bond motifs is 2. The molecule has 4 aromatic heterocycles. The third kappa shape index (κ3) is 7.81. The number of aromatic nitrogens is 8. The maximum absolute atomic E-state index is 16.0. The molecule has 6 aromatic rings. The van der Waals surface area contributed by atoms with Crippen LogP contribution in [0.1, 0.15) is 72.1 Å². The summed E-state index contributed by atoms with van der Waals surface area (Å²) < 4.78 is 77.2. The average Bonchev–Trinajstić information content (AvgIpc) is 4.03. The molecule has 1 saturated heterocycles. The van der Waals surface area contributed by atoms with Crippen LogP contribution in [-0.2, 0) is 42.1 Å². The number of alkyl halides is 3. The van der Waals surface area contributed by atoms with Gasteiger partial charge in [0.2, 0.25) is 5.91 Å². The van der Waals surface area contributed by atoms with Gasteiger partial charge >= 0.3 is 6.18 Å². The number of rotatable bonds is 11. The van der Waals surface area contributed by atoms with E-state index in [1.54, 1.807) is 61.0 Å². The van der Waals surface area contributed by atoms with E-state index < -0.39 is 41.1 Å². The zero-order valence-corrected chi connectivity index (χ0v) is 33.8. The fourth-order valence-corrected chi connectivity index (χ4v) is 8.42. The largest absolute Gasteiger partial charge is 0.472 e. The Balaban J connectivity index is 1.11. The molecule has 0 aliphatic carbocycles. The number of ether oxygens (including phenoxy) is 2. The zero-order valence-electron chi connectivity index (χ0n) is 33.0. The van der Waals surface area contributed by atoms with Gasteiger partial charge in [-0.2, -0.15) is 43.1 Å². The SMILES string of the molecule is COc1nc(-c2cc(C(F)(F)F)nn2CC(C)(C)NC(=O)[C@@H](Cc2cnn(C)c2)N2CCc3c(-c4cc5cnn(C6CCCCO6)c5cc4C#N)ccc(F)c3C2=O)ns1. The lowest BCUT2D eigenvalue weighted by atomic mass is 9.87. The molecule has 2 aliphatic heterocycles. The predicted molar refractivity (Wildman–Crippen MR) is 209 cm³/mol. The van der Waals surface area contributed by atoms with E-state index >= 15 is 4.39 Å².